The summed E-state index contributed by atoms with van der Waals surface area (Å²) >= 11 is 0. The van der Waals surface area contributed by atoms with Crippen molar-refractivity contribution >= 4 is 11.9 Å². The van der Waals surface area contributed by atoms with Crippen LogP contribution in [0.15, 0.2) is 18.2 Å². The molecule has 0 heterocycles. The van der Waals surface area contributed by atoms with Crippen LogP contribution in [0.5, 0.6) is 0 Å². The Morgan fingerprint density at radius 1 is 1.25 bits per heavy atom. The highest BCUT2D eigenvalue weighted by atomic mass is 16.4. The van der Waals surface area contributed by atoms with Crippen LogP contribution in [0.4, 0.5) is 0 Å². The summed E-state index contributed by atoms with van der Waals surface area (Å²) in [6, 6.07) is 6.28. The number of aliphatic carboxylic acids is 1. The number of carboxylic acid groups (broad SMARTS) is 1. The topological polar surface area (TPSA) is 69.6 Å². The third-order valence-electron chi connectivity index (χ3n) is 5.12. The van der Waals surface area contributed by atoms with Crippen molar-refractivity contribution in [2.45, 2.75) is 51.6 Å². The molecule has 2 fully saturated rings. The molecular weight excluding hydrogens is 304 g/mol. The van der Waals surface area contributed by atoms with Crippen LogP contribution in [0.3, 0.4) is 0 Å². The summed E-state index contributed by atoms with van der Waals surface area (Å²) in [5.41, 5.74) is 2.87. The van der Waals surface area contributed by atoms with E-state index in [0.717, 1.165) is 36.1 Å². The zero-order chi connectivity index (χ0) is 17.3. The smallest absolute Gasteiger partial charge is 0.317 e. The van der Waals surface area contributed by atoms with Crippen molar-refractivity contribution in [3.63, 3.8) is 0 Å². The van der Waals surface area contributed by atoms with E-state index < -0.39 is 5.97 Å². The van der Waals surface area contributed by atoms with Crippen LogP contribution < -0.4 is 5.32 Å². The molecule has 0 spiro atoms. The van der Waals surface area contributed by atoms with E-state index >= 15 is 0 Å². The monoisotopic (exact) mass is 330 g/mol. The van der Waals surface area contributed by atoms with Crippen molar-refractivity contribution in [1.29, 1.82) is 0 Å². The predicted molar refractivity (Wildman–Crippen MR) is 92.1 cm³/mol. The van der Waals surface area contributed by atoms with Gasteiger partial charge in [-0.3, -0.25) is 14.5 Å². The van der Waals surface area contributed by atoms with Crippen molar-refractivity contribution in [3.05, 3.63) is 34.9 Å². The molecule has 2 N–H and O–H groups in total. The molecule has 0 aliphatic heterocycles. The van der Waals surface area contributed by atoms with Gasteiger partial charge in [0, 0.05) is 24.2 Å². The first-order valence-corrected chi connectivity index (χ1v) is 8.76. The lowest BCUT2D eigenvalue weighted by Gasteiger charge is -2.42. The standard InChI is InChI=1S/C19H26N2O3/c1-12-3-6-17(13(2)7-12)19(24)20-15-8-16(9-15)21(11-18(22)23)10-14-4-5-14/h3,6-7,14-16H,4-5,8-11H2,1-2H3,(H,20,24)(H,22,23). The fourth-order valence-corrected chi connectivity index (χ4v) is 3.48. The summed E-state index contributed by atoms with van der Waals surface area (Å²) in [6.45, 7) is 4.96. The molecule has 1 amide bonds. The van der Waals surface area contributed by atoms with Gasteiger partial charge < -0.3 is 10.4 Å². The Hall–Kier alpha value is -1.88. The van der Waals surface area contributed by atoms with Crippen molar-refractivity contribution in [2.24, 2.45) is 5.92 Å². The quantitative estimate of drug-likeness (QED) is 0.805. The molecule has 1 aromatic rings. The van der Waals surface area contributed by atoms with Gasteiger partial charge in [-0.15, -0.1) is 0 Å². The molecule has 0 bridgehead atoms. The molecular formula is C19H26N2O3. The molecule has 5 heteroatoms. The summed E-state index contributed by atoms with van der Waals surface area (Å²) in [6.07, 6.45) is 4.12. The second-order valence-electron chi connectivity index (χ2n) is 7.38. The maximum absolute atomic E-state index is 12.4. The highest BCUT2D eigenvalue weighted by Gasteiger charge is 2.37. The van der Waals surface area contributed by atoms with Crippen LogP contribution in [-0.2, 0) is 4.79 Å². The fraction of sp³-hybridized carbons (Fsp3) is 0.579. The SMILES string of the molecule is Cc1ccc(C(=O)NC2CC(N(CC(=O)O)CC3CC3)C2)c(C)c1. The van der Waals surface area contributed by atoms with E-state index in [2.05, 4.69) is 10.2 Å². The lowest BCUT2D eigenvalue weighted by atomic mass is 9.85. The molecule has 1 aromatic carbocycles. The van der Waals surface area contributed by atoms with E-state index in [-0.39, 0.29) is 24.5 Å². The van der Waals surface area contributed by atoms with E-state index in [1.807, 2.05) is 32.0 Å². The van der Waals surface area contributed by atoms with Gasteiger partial charge in [0.2, 0.25) is 0 Å². The molecule has 0 atom stereocenters. The number of carbonyl (C=O) groups excluding carboxylic acids is 1. The van der Waals surface area contributed by atoms with Gasteiger partial charge >= 0.3 is 5.97 Å². The Bertz CT molecular complexity index is 633. The molecule has 2 aliphatic carbocycles. The van der Waals surface area contributed by atoms with Gasteiger partial charge in [0.05, 0.1) is 6.54 Å². The van der Waals surface area contributed by atoms with Crippen molar-refractivity contribution in [3.8, 4) is 0 Å². The summed E-state index contributed by atoms with van der Waals surface area (Å²) in [7, 11) is 0. The number of hydrogen-bond acceptors (Lipinski definition) is 3. The number of nitrogens with zero attached hydrogens (tertiary/aromatic N) is 1. The van der Waals surface area contributed by atoms with Crippen molar-refractivity contribution < 1.29 is 14.7 Å². The number of rotatable bonds is 7. The average molecular weight is 330 g/mol. The van der Waals surface area contributed by atoms with Gasteiger partial charge in [0.25, 0.3) is 5.91 Å². The Balaban J connectivity index is 1.51. The van der Waals surface area contributed by atoms with Crippen molar-refractivity contribution in [2.75, 3.05) is 13.1 Å². The molecule has 0 radical (unpaired) electrons. The Morgan fingerprint density at radius 3 is 2.54 bits per heavy atom. The van der Waals surface area contributed by atoms with E-state index in [9.17, 15) is 9.59 Å². The first-order chi connectivity index (χ1) is 11.4. The third-order valence-corrected chi connectivity index (χ3v) is 5.12. The molecule has 3 rings (SSSR count). The van der Waals surface area contributed by atoms with Gasteiger partial charge in [-0.05, 0) is 57.1 Å². The Morgan fingerprint density at radius 2 is 1.96 bits per heavy atom. The number of carbonyl (C=O) groups is 2. The van der Waals surface area contributed by atoms with E-state index in [4.69, 9.17) is 5.11 Å². The first kappa shape index (κ1) is 17.0. The van der Waals surface area contributed by atoms with Gasteiger partial charge in [0.15, 0.2) is 0 Å². The first-order valence-electron chi connectivity index (χ1n) is 8.76. The number of nitrogens with one attached hydrogen (secondary N) is 1. The van der Waals surface area contributed by atoms with Gasteiger partial charge in [0.1, 0.15) is 0 Å². The van der Waals surface area contributed by atoms with Crippen LogP contribution in [0, 0.1) is 19.8 Å². The Labute approximate surface area is 143 Å². The maximum Gasteiger partial charge on any atom is 0.317 e. The zero-order valence-corrected chi connectivity index (χ0v) is 14.4. The highest BCUT2D eigenvalue weighted by Crippen LogP contribution is 2.33. The molecule has 5 nitrogen and oxygen atoms in total. The molecule has 130 valence electrons. The van der Waals surface area contributed by atoms with Crippen LogP contribution in [0.25, 0.3) is 0 Å². The molecule has 24 heavy (non-hydrogen) atoms. The number of carboxylic acids is 1. The van der Waals surface area contributed by atoms with Crippen molar-refractivity contribution in [1.82, 2.24) is 10.2 Å². The summed E-state index contributed by atoms with van der Waals surface area (Å²) in [5, 5.41) is 12.2. The third kappa shape index (κ3) is 4.15. The fourth-order valence-electron chi connectivity index (χ4n) is 3.48. The lowest BCUT2D eigenvalue weighted by Crippen LogP contribution is -2.55. The van der Waals surface area contributed by atoms with E-state index in [1.165, 1.54) is 12.8 Å². The van der Waals surface area contributed by atoms with Gasteiger partial charge in [-0.2, -0.15) is 0 Å². The predicted octanol–water partition coefficient (Wildman–Crippen LogP) is 2.36. The Kier molecular flexibility index (Phi) is 4.90. The second-order valence-corrected chi connectivity index (χ2v) is 7.38. The molecule has 0 unspecified atom stereocenters. The largest absolute Gasteiger partial charge is 0.480 e. The van der Waals surface area contributed by atoms with Crippen LogP contribution in [-0.4, -0.2) is 47.1 Å². The molecule has 0 aromatic heterocycles. The van der Waals surface area contributed by atoms with Gasteiger partial charge in [-0.1, -0.05) is 17.7 Å². The minimum absolute atomic E-state index is 0.0251. The maximum atomic E-state index is 12.4. The van der Waals surface area contributed by atoms with Crippen LogP contribution in [0.1, 0.15) is 47.2 Å². The highest BCUT2D eigenvalue weighted by molar-refractivity contribution is 5.95. The zero-order valence-electron chi connectivity index (χ0n) is 14.4. The molecule has 2 saturated carbocycles. The minimum atomic E-state index is -0.765. The summed E-state index contributed by atoms with van der Waals surface area (Å²) in [4.78, 5) is 25.5. The average Bonchev–Trinajstić information content (AvgIpc) is 3.24. The van der Waals surface area contributed by atoms with E-state index in [1.54, 1.807) is 0 Å². The second kappa shape index (κ2) is 6.93. The van der Waals surface area contributed by atoms with E-state index in [0.29, 0.717) is 5.92 Å². The van der Waals surface area contributed by atoms with Gasteiger partial charge in [-0.25, -0.2) is 0 Å². The minimum Gasteiger partial charge on any atom is -0.480 e. The van der Waals surface area contributed by atoms with Crippen LogP contribution in [0.2, 0.25) is 0 Å². The number of benzene rings is 1. The number of hydrogen-bond donors (Lipinski definition) is 2. The molecule has 0 saturated heterocycles. The summed E-state index contributed by atoms with van der Waals surface area (Å²) < 4.78 is 0. The number of amides is 1. The number of aryl methyl sites for hydroxylation is 2. The molecule has 2 aliphatic rings. The normalized spacial score (nSPS) is 23.0. The summed E-state index contributed by atoms with van der Waals surface area (Å²) in [5.74, 6) is -0.116. The lowest BCUT2D eigenvalue weighted by molar-refractivity contribution is -0.139. The van der Waals surface area contributed by atoms with Crippen LogP contribution >= 0.6 is 0 Å².